The van der Waals surface area contributed by atoms with Crippen molar-refractivity contribution in [3.63, 3.8) is 0 Å². The third kappa shape index (κ3) is 8.10. The Bertz CT molecular complexity index is 598. The highest BCUT2D eigenvalue weighted by atomic mass is 127. The predicted octanol–water partition coefficient (Wildman–Crippen LogP) is 4.15. The van der Waals surface area contributed by atoms with Crippen LogP contribution in [0.2, 0.25) is 0 Å². The Morgan fingerprint density at radius 1 is 1.17 bits per heavy atom. The lowest BCUT2D eigenvalue weighted by atomic mass is 10.2. The lowest BCUT2D eigenvalue weighted by Crippen LogP contribution is -2.37. The molecule has 0 saturated carbocycles. The molecule has 1 heterocycles. The largest absolute Gasteiger partial charge is 0.357 e. The van der Waals surface area contributed by atoms with Crippen molar-refractivity contribution in [3.8, 4) is 0 Å². The maximum absolute atomic E-state index is 4.63. The van der Waals surface area contributed by atoms with Crippen LogP contribution in [0.1, 0.15) is 36.0 Å². The number of aryl methyl sites for hydroxylation is 2. The molecule has 0 fully saturated rings. The fraction of sp³-hybridized carbons (Fsp3) is 0.444. The van der Waals surface area contributed by atoms with Gasteiger partial charge in [0, 0.05) is 24.2 Å². The summed E-state index contributed by atoms with van der Waals surface area (Å²) < 4.78 is 0. The third-order valence-electron chi connectivity index (χ3n) is 3.38. The SMILES string of the molecule is CCNC(=NCc1ccccc1)NCCCCc1nc(C)cs1.I. The summed E-state index contributed by atoms with van der Waals surface area (Å²) in [6, 6.07) is 10.3. The molecule has 0 aliphatic rings. The van der Waals surface area contributed by atoms with Crippen LogP contribution in [0.4, 0.5) is 0 Å². The number of nitrogens with one attached hydrogen (secondary N) is 2. The minimum atomic E-state index is 0. The molecule has 2 rings (SSSR count). The standard InChI is InChI=1S/C18H26N4S.HI/c1-3-19-18(21-13-16-9-5-4-6-10-16)20-12-8-7-11-17-22-15(2)14-23-17;/h4-6,9-10,14H,3,7-8,11-13H2,1-2H3,(H2,19,20,21);1H. The molecular weight excluding hydrogens is 431 g/mol. The molecule has 0 saturated heterocycles. The number of aromatic nitrogens is 1. The van der Waals surface area contributed by atoms with Crippen LogP contribution < -0.4 is 10.6 Å². The van der Waals surface area contributed by atoms with Gasteiger partial charge in [0.2, 0.25) is 0 Å². The molecule has 0 amide bonds. The zero-order valence-electron chi connectivity index (χ0n) is 14.4. The maximum atomic E-state index is 4.63. The molecule has 0 aliphatic carbocycles. The smallest absolute Gasteiger partial charge is 0.191 e. The normalized spacial score (nSPS) is 11.0. The number of aliphatic imine (C=N–C) groups is 1. The van der Waals surface area contributed by atoms with E-state index in [1.165, 1.54) is 10.6 Å². The number of hydrogen-bond acceptors (Lipinski definition) is 3. The molecule has 0 bridgehead atoms. The highest BCUT2D eigenvalue weighted by molar-refractivity contribution is 14.0. The second kappa shape index (κ2) is 12.2. The van der Waals surface area contributed by atoms with E-state index in [1.54, 1.807) is 11.3 Å². The monoisotopic (exact) mass is 458 g/mol. The lowest BCUT2D eigenvalue weighted by Gasteiger charge is -2.11. The van der Waals surface area contributed by atoms with Gasteiger partial charge in [-0.1, -0.05) is 30.3 Å². The van der Waals surface area contributed by atoms with E-state index >= 15 is 0 Å². The molecular formula is C18H27IN4S. The number of unbranched alkanes of at least 4 members (excludes halogenated alkanes) is 1. The lowest BCUT2D eigenvalue weighted by molar-refractivity contribution is 0.692. The third-order valence-corrected chi connectivity index (χ3v) is 4.41. The van der Waals surface area contributed by atoms with Crippen molar-refractivity contribution < 1.29 is 0 Å². The number of hydrogen-bond donors (Lipinski definition) is 2. The number of thiazole rings is 1. The summed E-state index contributed by atoms with van der Waals surface area (Å²) in [7, 11) is 0. The predicted molar refractivity (Wildman–Crippen MR) is 114 cm³/mol. The quantitative estimate of drug-likeness (QED) is 0.271. The minimum absolute atomic E-state index is 0. The molecule has 2 N–H and O–H groups in total. The number of rotatable bonds is 8. The van der Waals surface area contributed by atoms with E-state index in [-0.39, 0.29) is 24.0 Å². The van der Waals surface area contributed by atoms with E-state index < -0.39 is 0 Å². The molecule has 0 spiro atoms. The summed E-state index contributed by atoms with van der Waals surface area (Å²) in [5.74, 6) is 0.890. The fourth-order valence-electron chi connectivity index (χ4n) is 2.22. The van der Waals surface area contributed by atoms with Crippen molar-refractivity contribution in [2.45, 2.75) is 39.7 Å². The van der Waals surface area contributed by atoms with Crippen molar-refractivity contribution in [2.75, 3.05) is 13.1 Å². The van der Waals surface area contributed by atoms with Gasteiger partial charge in [0.05, 0.1) is 11.6 Å². The van der Waals surface area contributed by atoms with E-state index in [9.17, 15) is 0 Å². The number of guanidine groups is 1. The zero-order valence-corrected chi connectivity index (χ0v) is 17.6. The van der Waals surface area contributed by atoms with Gasteiger partial charge in [0.25, 0.3) is 0 Å². The van der Waals surface area contributed by atoms with Gasteiger partial charge in [0.15, 0.2) is 5.96 Å². The van der Waals surface area contributed by atoms with Crippen molar-refractivity contribution >= 4 is 41.3 Å². The molecule has 132 valence electrons. The van der Waals surface area contributed by atoms with Gasteiger partial charge < -0.3 is 10.6 Å². The molecule has 0 aliphatic heterocycles. The van der Waals surface area contributed by atoms with Crippen LogP contribution in [-0.4, -0.2) is 24.0 Å². The molecule has 2 aromatic rings. The Labute approximate surface area is 166 Å². The zero-order chi connectivity index (χ0) is 16.3. The second-order valence-electron chi connectivity index (χ2n) is 5.45. The number of halogens is 1. The maximum Gasteiger partial charge on any atom is 0.191 e. The summed E-state index contributed by atoms with van der Waals surface area (Å²) in [6.07, 6.45) is 3.34. The van der Waals surface area contributed by atoms with Gasteiger partial charge in [-0.15, -0.1) is 35.3 Å². The number of benzene rings is 1. The topological polar surface area (TPSA) is 49.3 Å². The van der Waals surface area contributed by atoms with Crippen LogP contribution in [0.25, 0.3) is 0 Å². The van der Waals surface area contributed by atoms with Crippen LogP contribution in [-0.2, 0) is 13.0 Å². The fourth-order valence-corrected chi connectivity index (χ4v) is 3.04. The summed E-state index contributed by atoms with van der Waals surface area (Å²) in [5, 5.41) is 10.1. The summed E-state index contributed by atoms with van der Waals surface area (Å²) in [4.78, 5) is 9.12. The number of nitrogens with zero attached hydrogens (tertiary/aromatic N) is 2. The molecule has 1 aromatic heterocycles. The minimum Gasteiger partial charge on any atom is -0.357 e. The second-order valence-corrected chi connectivity index (χ2v) is 6.39. The van der Waals surface area contributed by atoms with Gasteiger partial charge in [-0.3, -0.25) is 0 Å². The van der Waals surface area contributed by atoms with Crippen LogP contribution in [0.5, 0.6) is 0 Å². The Morgan fingerprint density at radius 3 is 2.62 bits per heavy atom. The first kappa shape index (κ1) is 20.9. The van der Waals surface area contributed by atoms with Crippen molar-refractivity contribution in [1.82, 2.24) is 15.6 Å². The van der Waals surface area contributed by atoms with Gasteiger partial charge in [-0.05, 0) is 38.7 Å². The van der Waals surface area contributed by atoms with Crippen molar-refractivity contribution in [2.24, 2.45) is 4.99 Å². The molecule has 1 aromatic carbocycles. The Morgan fingerprint density at radius 2 is 1.96 bits per heavy atom. The Balaban J connectivity index is 0.00000288. The van der Waals surface area contributed by atoms with E-state index in [1.807, 2.05) is 25.1 Å². The van der Waals surface area contributed by atoms with Crippen molar-refractivity contribution in [1.29, 1.82) is 0 Å². The molecule has 0 atom stereocenters. The van der Waals surface area contributed by atoms with Gasteiger partial charge in [0.1, 0.15) is 0 Å². The highest BCUT2D eigenvalue weighted by Gasteiger charge is 2.00. The van der Waals surface area contributed by atoms with Gasteiger partial charge >= 0.3 is 0 Å². The molecule has 4 nitrogen and oxygen atoms in total. The van der Waals surface area contributed by atoms with E-state index in [0.29, 0.717) is 6.54 Å². The van der Waals surface area contributed by atoms with E-state index in [2.05, 4.69) is 45.0 Å². The van der Waals surface area contributed by atoms with Crippen LogP contribution >= 0.6 is 35.3 Å². The summed E-state index contributed by atoms with van der Waals surface area (Å²) in [6.45, 7) is 6.65. The molecule has 24 heavy (non-hydrogen) atoms. The van der Waals surface area contributed by atoms with Crippen molar-refractivity contribution in [3.05, 3.63) is 52.0 Å². The first-order valence-corrected chi connectivity index (χ1v) is 9.13. The Hall–Kier alpha value is -1.15. The van der Waals surface area contributed by atoms with E-state index in [4.69, 9.17) is 0 Å². The van der Waals surface area contributed by atoms with Gasteiger partial charge in [-0.2, -0.15) is 0 Å². The highest BCUT2D eigenvalue weighted by Crippen LogP contribution is 2.11. The Kier molecular flexibility index (Phi) is 10.7. The first-order valence-electron chi connectivity index (χ1n) is 8.25. The molecule has 0 unspecified atom stereocenters. The van der Waals surface area contributed by atoms with Crippen LogP contribution in [0.3, 0.4) is 0 Å². The average Bonchev–Trinajstić information content (AvgIpc) is 2.98. The van der Waals surface area contributed by atoms with Gasteiger partial charge in [-0.25, -0.2) is 9.98 Å². The average molecular weight is 458 g/mol. The van der Waals surface area contributed by atoms with Crippen LogP contribution in [0, 0.1) is 6.92 Å². The molecule has 6 heteroatoms. The molecule has 0 radical (unpaired) electrons. The summed E-state index contributed by atoms with van der Waals surface area (Å²) >= 11 is 1.76. The first-order chi connectivity index (χ1) is 11.3. The van der Waals surface area contributed by atoms with E-state index in [0.717, 1.165) is 44.0 Å². The van der Waals surface area contributed by atoms with Crippen LogP contribution in [0.15, 0.2) is 40.7 Å². The summed E-state index contributed by atoms with van der Waals surface area (Å²) in [5.41, 5.74) is 2.36.